The summed E-state index contributed by atoms with van der Waals surface area (Å²) >= 11 is 0. The number of amides is 1. The third kappa shape index (κ3) is 3.22. The largest absolute Gasteiger partial charge is 0.496 e. The van der Waals surface area contributed by atoms with Crippen molar-refractivity contribution in [3.63, 3.8) is 0 Å². The molecule has 4 heteroatoms. The molecule has 17 heavy (non-hydrogen) atoms. The monoisotopic (exact) mass is 232 g/mol. The lowest BCUT2D eigenvalue weighted by Gasteiger charge is -2.15. The number of para-hydroxylation sites is 1. The number of methoxy groups -OCH3 is 1. The third-order valence-corrected chi connectivity index (χ3v) is 2.55. The van der Waals surface area contributed by atoms with Crippen molar-refractivity contribution in [2.24, 2.45) is 0 Å². The first-order chi connectivity index (χ1) is 8.10. The van der Waals surface area contributed by atoms with Crippen LogP contribution in [0.25, 0.3) is 0 Å². The molecule has 0 aliphatic heterocycles. The lowest BCUT2D eigenvalue weighted by molar-refractivity contribution is -0.128. The maximum atomic E-state index is 11.6. The number of hydrogen-bond donors (Lipinski definition) is 0. The van der Waals surface area contributed by atoms with Crippen LogP contribution >= 0.6 is 0 Å². The molecule has 0 bridgehead atoms. The molecule has 0 saturated carbocycles. The van der Waals surface area contributed by atoms with Gasteiger partial charge >= 0.3 is 0 Å². The van der Waals surface area contributed by atoms with E-state index in [1.807, 2.05) is 18.2 Å². The average Bonchev–Trinajstić information content (AvgIpc) is 2.35. The summed E-state index contributed by atoms with van der Waals surface area (Å²) in [5.41, 5.74) is 0.757. The Morgan fingerprint density at radius 1 is 1.47 bits per heavy atom. The molecular weight excluding hydrogens is 216 g/mol. The van der Waals surface area contributed by atoms with Crippen molar-refractivity contribution in [1.82, 2.24) is 4.90 Å². The molecule has 1 unspecified atom stereocenters. The van der Waals surface area contributed by atoms with Gasteiger partial charge in [-0.1, -0.05) is 18.2 Å². The van der Waals surface area contributed by atoms with Crippen molar-refractivity contribution >= 4 is 5.91 Å². The van der Waals surface area contributed by atoms with Crippen LogP contribution < -0.4 is 4.74 Å². The van der Waals surface area contributed by atoms with Crippen molar-refractivity contribution in [1.29, 1.82) is 5.26 Å². The molecule has 1 aromatic rings. The van der Waals surface area contributed by atoms with E-state index < -0.39 is 5.92 Å². The van der Waals surface area contributed by atoms with Gasteiger partial charge < -0.3 is 9.64 Å². The Bertz CT molecular complexity index is 435. The fraction of sp³-hybridized carbons (Fsp3) is 0.385. The van der Waals surface area contributed by atoms with E-state index in [4.69, 9.17) is 10.00 Å². The van der Waals surface area contributed by atoms with Crippen LogP contribution in [-0.4, -0.2) is 32.0 Å². The van der Waals surface area contributed by atoms with Gasteiger partial charge in [-0.2, -0.15) is 5.26 Å². The maximum Gasteiger partial charge on any atom is 0.223 e. The van der Waals surface area contributed by atoms with E-state index in [2.05, 4.69) is 6.07 Å². The summed E-state index contributed by atoms with van der Waals surface area (Å²) in [6, 6.07) is 9.43. The highest BCUT2D eigenvalue weighted by Crippen LogP contribution is 2.28. The standard InChI is InChI=1S/C13H16N2O2/c1-15(2)13(16)8-10(9-14)11-6-4-5-7-12(11)17-3/h4-7,10H,8H2,1-3H3. The second-order valence-corrected chi connectivity index (χ2v) is 3.92. The molecule has 0 N–H and O–H groups in total. The van der Waals surface area contributed by atoms with E-state index in [1.54, 1.807) is 27.3 Å². The number of ether oxygens (including phenoxy) is 1. The fourth-order valence-corrected chi connectivity index (χ4v) is 1.54. The zero-order chi connectivity index (χ0) is 12.8. The molecule has 0 fully saturated rings. The fourth-order valence-electron chi connectivity index (χ4n) is 1.54. The second kappa shape index (κ2) is 5.90. The molecule has 0 spiro atoms. The zero-order valence-corrected chi connectivity index (χ0v) is 10.3. The summed E-state index contributed by atoms with van der Waals surface area (Å²) in [6.45, 7) is 0. The molecule has 0 saturated heterocycles. The van der Waals surface area contributed by atoms with Crippen LogP contribution in [0.5, 0.6) is 5.75 Å². The van der Waals surface area contributed by atoms with Crippen LogP contribution in [0.2, 0.25) is 0 Å². The van der Waals surface area contributed by atoms with Gasteiger partial charge in [0.1, 0.15) is 5.75 Å². The molecule has 0 aromatic heterocycles. The lowest BCUT2D eigenvalue weighted by atomic mass is 9.96. The number of hydrogen-bond acceptors (Lipinski definition) is 3. The summed E-state index contributed by atoms with van der Waals surface area (Å²) in [4.78, 5) is 13.1. The van der Waals surface area contributed by atoms with Crippen molar-refractivity contribution in [2.45, 2.75) is 12.3 Å². The normalized spacial score (nSPS) is 11.4. The van der Waals surface area contributed by atoms with Gasteiger partial charge in [-0.15, -0.1) is 0 Å². The highest BCUT2D eigenvalue weighted by atomic mass is 16.5. The molecular formula is C13H16N2O2. The van der Waals surface area contributed by atoms with Gasteiger partial charge in [0.05, 0.1) is 19.1 Å². The summed E-state index contributed by atoms with van der Waals surface area (Å²) in [5.74, 6) is 0.106. The van der Waals surface area contributed by atoms with Gasteiger partial charge in [0.15, 0.2) is 0 Å². The third-order valence-electron chi connectivity index (χ3n) is 2.55. The van der Waals surface area contributed by atoms with E-state index in [9.17, 15) is 4.79 Å². The summed E-state index contributed by atoms with van der Waals surface area (Å²) in [7, 11) is 4.92. The Labute approximate surface area is 101 Å². The van der Waals surface area contributed by atoms with Crippen LogP contribution in [0, 0.1) is 11.3 Å². The first-order valence-corrected chi connectivity index (χ1v) is 5.32. The Kier molecular flexibility index (Phi) is 4.53. The lowest BCUT2D eigenvalue weighted by Crippen LogP contribution is -2.23. The predicted octanol–water partition coefficient (Wildman–Crippen LogP) is 1.78. The van der Waals surface area contributed by atoms with E-state index in [0.29, 0.717) is 5.75 Å². The SMILES string of the molecule is COc1ccccc1C(C#N)CC(=O)N(C)C. The van der Waals surface area contributed by atoms with Crippen LogP contribution in [0.1, 0.15) is 17.9 Å². The predicted molar refractivity (Wildman–Crippen MR) is 64.7 cm³/mol. The summed E-state index contributed by atoms with van der Waals surface area (Å²) in [5, 5.41) is 9.15. The summed E-state index contributed by atoms with van der Waals surface area (Å²) < 4.78 is 5.19. The highest BCUT2D eigenvalue weighted by molar-refractivity contribution is 5.77. The quantitative estimate of drug-likeness (QED) is 0.795. The van der Waals surface area contributed by atoms with Gasteiger partial charge in [0.25, 0.3) is 0 Å². The number of carbonyl (C=O) groups excluding carboxylic acids is 1. The van der Waals surface area contributed by atoms with Crippen molar-refractivity contribution in [3.05, 3.63) is 29.8 Å². The first-order valence-electron chi connectivity index (χ1n) is 5.32. The Morgan fingerprint density at radius 2 is 2.12 bits per heavy atom. The molecule has 0 heterocycles. The molecule has 4 nitrogen and oxygen atoms in total. The zero-order valence-electron chi connectivity index (χ0n) is 10.3. The number of rotatable bonds is 4. The van der Waals surface area contributed by atoms with Gasteiger partial charge in [0.2, 0.25) is 5.91 Å². The Hall–Kier alpha value is -2.02. The van der Waals surface area contributed by atoms with E-state index >= 15 is 0 Å². The molecule has 0 radical (unpaired) electrons. The van der Waals surface area contributed by atoms with Crippen LogP contribution in [0.3, 0.4) is 0 Å². The van der Waals surface area contributed by atoms with Crippen molar-refractivity contribution < 1.29 is 9.53 Å². The molecule has 0 aliphatic rings. The van der Waals surface area contributed by atoms with Crippen molar-refractivity contribution in [3.8, 4) is 11.8 Å². The Balaban J connectivity index is 2.95. The van der Waals surface area contributed by atoms with Gasteiger partial charge in [-0.05, 0) is 6.07 Å². The molecule has 1 aromatic carbocycles. The highest BCUT2D eigenvalue weighted by Gasteiger charge is 2.19. The van der Waals surface area contributed by atoms with E-state index in [0.717, 1.165) is 5.56 Å². The summed E-state index contributed by atoms with van der Waals surface area (Å²) in [6.07, 6.45) is 0.171. The van der Waals surface area contributed by atoms with Crippen molar-refractivity contribution in [2.75, 3.05) is 21.2 Å². The molecule has 1 amide bonds. The van der Waals surface area contributed by atoms with Gasteiger partial charge in [-0.25, -0.2) is 0 Å². The average molecular weight is 232 g/mol. The minimum absolute atomic E-state index is 0.0672. The maximum absolute atomic E-state index is 11.6. The second-order valence-electron chi connectivity index (χ2n) is 3.92. The van der Waals surface area contributed by atoms with Gasteiger partial charge in [0, 0.05) is 26.1 Å². The smallest absolute Gasteiger partial charge is 0.223 e. The van der Waals surface area contributed by atoms with E-state index in [1.165, 1.54) is 4.90 Å². The molecule has 1 rings (SSSR count). The number of nitrogens with zero attached hydrogens (tertiary/aromatic N) is 2. The minimum Gasteiger partial charge on any atom is -0.496 e. The van der Waals surface area contributed by atoms with Crippen LogP contribution in [0.15, 0.2) is 24.3 Å². The number of nitriles is 1. The Morgan fingerprint density at radius 3 is 2.65 bits per heavy atom. The van der Waals surface area contributed by atoms with Crippen LogP contribution in [-0.2, 0) is 4.79 Å². The van der Waals surface area contributed by atoms with E-state index in [-0.39, 0.29) is 12.3 Å². The molecule has 90 valence electrons. The molecule has 0 aliphatic carbocycles. The van der Waals surface area contributed by atoms with Gasteiger partial charge in [-0.3, -0.25) is 4.79 Å². The number of carbonyl (C=O) groups is 1. The molecule has 1 atom stereocenters. The van der Waals surface area contributed by atoms with Crippen LogP contribution in [0.4, 0.5) is 0 Å². The first kappa shape index (κ1) is 13.0. The topological polar surface area (TPSA) is 53.3 Å². The minimum atomic E-state index is -0.471. The number of benzene rings is 1.